The van der Waals surface area contributed by atoms with Gasteiger partial charge >= 0.3 is 5.69 Å². The standard InChI is InChI=1S/C17H18N4O6S2/c1-3-20(4-2)29(24,25)12-7-8-14(13(10-12)21(22)23)26-11-16-18-17(19-27-16)15-6-5-9-28-15/h5-10H,3-4,11H2,1-2H3. The fourth-order valence-corrected chi connectivity index (χ4v) is 4.72. The lowest BCUT2D eigenvalue weighted by molar-refractivity contribution is -0.386. The van der Waals surface area contributed by atoms with Crippen molar-refractivity contribution in [3.05, 3.63) is 51.7 Å². The first-order chi connectivity index (χ1) is 13.9. The highest BCUT2D eigenvalue weighted by atomic mass is 32.2. The molecule has 3 aromatic rings. The molecule has 0 atom stereocenters. The summed E-state index contributed by atoms with van der Waals surface area (Å²) in [6.45, 7) is 3.72. The summed E-state index contributed by atoms with van der Waals surface area (Å²) < 4.78 is 37.0. The number of aromatic nitrogens is 2. The number of ether oxygens (including phenoxy) is 1. The number of rotatable bonds is 9. The maximum atomic E-state index is 12.6. The lowest BCUT2D eigenvalue weighted by Gasteiger charge is -2.18. The van der Waals surface area contributed by atoms with E-state index >= 15 is 0 Å². The Labute approximate surface area is 170 Å². The molecule has 0 aliphatic heterocycles. The molecule has 0 fully saturated rings. The van der Waals surface area contributed by atoms with Crippen LogP contribution in [0.25, 0.3) is 10.7 Å². The molecule has 0 bridgehead atoms. The van der Waals surface area contributed by atoms with Crippen LogP contribution in [-0.4, -0.2) is 40.9 Å². The van der Waals surface area contributed by atoms with Crippen LogP contribution in [0, 0.1) is 10.1 Å². The Hall–Kier alpha value is -2.83. The van der Waals surface area contributed by atoms with Gasteiger partial charge in [0, 0.05) is 19.2 Å². The van der Waals surface area contributed by atoms with Crippen LogP contribution in [0.2, 0.25) is 0 Å². The Morgan fingerprint density at radius 2 is 2.03 bits per heavy atom. The summed E-state index contributed by atoms with van der Waals surface area (Å²) in [6.07, 6.45) is 0. The van der Waals surface area contributed by atoms with E-state index in [-0.39, 0.29) is 36.2 Å². The fraction of sp³-hybridized carbons (Fsp3) is 0.294. The molecule has 2 heterocycles. The van der Waals surface area contributed by atoms with Gasteiger partial charge in [-0.15, -0.1) is 11.3 Å². The maximum absolute atomic E-state index is 12.6. The second-order valence-electron chi connectivity index (χ2n) is 5.75. The van der Waals surface area contributed by atoms with Crippen LogP contribution in [0.5, 0.6) is 5.75 Å². The van der Waals surface area contributed by atoms with Gasteiger partial charge in [0.05, 0.1) is 14.7 Å². The van der Waals surface area contributed by atoms with Crippen molar-refractivity contribution in [2.45, 2.75) is 25.3 Å². The monoisotopic (exact) mass is 438 g/mol. The lowest BCUT2D eigenvalue weighted by Crippen LogP contribution is -2.30. The molecule has 0 unspecified atom stereocenters. The Morgan fingerprint density at radius 1 is 1.28 bits per heavy atom. The van der Waals surface area contributed by atoms with E-state index in [4.69, 9.17) is 9.26 Å². The summed E-state index contributed by atoms with van der Waals surface area (Å²) in [6, 6.07) is 7.21. The number of sulfonamides is 1. The zero-order chi connectivity index (χ0) is 21.0. The van der Waals surface area contributed by atoms with Gasteiger partial charge in [-0.05, 0) is 23.6 Å². The van der Waals surface area contributed by atoms with Crippen LogP contribution >= 0.6 is 11.3 Å². The van der Waals surface area contributed by atoms with Crippen molar-refractivity contribution in [2.24, 2.45) is 0 Å². The molecular formula is C17H18N4O6S2. The van der Waals surface area contributed by atoms with Crippen molar-refractivity contribution >= 4 is 27.0 Å². The fourth-order valence-electron chi connectivity index (χ4n) is 2.59. The van der Waals surface area contributed by atoms with E-state index in [9.17, 15) is 18.5 Å². The van der Waals surface area contributed by atoms with Gasteiger partial charge in [-0.1, -0.05) is 25.1 Å². The summed E-state index contributed by atoms with van der Waals surface area (Å²) in [5.74, 6) is 0.445. The van der Waals surface area contributed by atoms with Crippen LogP contribution in [-0.2, 0) is 16.6 Å². The number of thiophene rings is 1. The first-order valence-electron chi connectivity index (χ1n) is 8.64. The van der Waals surface area contributed by atoms with Gasteiger partial charge in [0.15, 0.2) is 12.4 Å². The normalized spacial score (nSPS) is 11.7. The van der Waals surface area contributed by atoms with E-state index in [0.717, 1.165) is 10.9 Å². The van der Waals surface area contributed by atoms with Gasteiger partial charge in [-0.2, -0.15) is 9.29 Å². The van der Waals surface area contributed by atoms with E-state index in [1.165, 1.54) is 27.8 Å². The molecule has 0 saturated heterocycles. The van der Waals surface area contributed by atoms with Crippen LogP contribution in [0.3, 0.4) is 0 Å². The molecule has 0 saturated carbocycles. The highest BCUT2D eigenvalue weighted by molar-refractivity contribution is 7.89. The average molecular weight is 438 g/mol. The van der Waals surface area contributed by atoms with Crippen LogP contribution in [0.15, 0.2) is 45.1 Å². The molecular weight excluding hydrogens is 420 g/mol. The van der Waals surface area contributed by atoms with Gasteiger partial charge in [0.1, 0.15) is 0 Å². The number of hydrogen-bond acceptors (Lipinski definition) is 9. The van der Waals surface area contributed by atoms with Gasteiger partial charge in [-0.25, -0.2) is 8.42 Å². The topological polar surface area (TPSA) is 129 Å². The summed E-state index contributed by atoms with van der Waals surface area (Å²) >= 11 is 1.44. The predicted octanol–water partition coefficient (Wildman–Crippen LogP) is 3.32. The third-order valence-electron chi connectivity index (χ3n) is 4.03. The molecule has 0 aliphatic rings. The van der Waals surface area contributed by atoms with E-state index in [1.807, 2.05) is 17.5 Å². The minimum Gasteiger partial charge on any atom is -0.477 e. The van der Waals surface area contributed by atoms with Crippen molar-refractivity contribution in [1.29, 1.82) is 0 Å². The SMILES string of the molecule is CCN(CC)S(=O)(=O)c1ccc(OCc2nc(-c3cccs3)no2)c([N+](=O)[O-])c1. The van der Waals surface area contributed by atoms with Crippen molar-refractivity contribution in [3.63, 3.8) is 0 Å². The first kappa shape index (κ1) is 20.9. The summed E-state index contributed by atoms with van der Waals surface area (Å²) in [5, 5.41) is 17.2. The van der Waals surface area contributed by atoms with Crippen molar-refractivity contribution in [3.8, 4) is 16.5 Å². The van der Waals surface area contributed by atoms with Gasteiger partial charge < -0.3 is 9.26 Å². The van der Waals surface area contributed by atoms with Crippen LogP contribution in [0.1, 0.15) is 19.7 Å². The zero-order valence-electron chi connectivity index (χ0n) is 15.6. The molecule has 12 heteroatoms. The molecule has 154 valence electrons. The van der Waals surface area contributed by atoms with Crippen molar-refractivity contribution in [2.75, 3.05) is 13.1 Å². The van der Waals surface area contributed by atoms with E-state index < -0.39 is 20.6 Å². The molecule has 0 radical (unpaired) electrons. The quantitative estimate of drug-likeness (QED) is 0.367. The Kier molecular flexibility index (Phi) is 6.25. The van der Waals surface area contributed by atoms with Gasteiger partial charge in [-0.3, -0.25) is 10.1 Å². The number of hydrogen-bond donors (Lipinski definition) is 0. The van der Waals surface area contributed by atoms with E-state index in [1.54, 1.807) is 13.8 Å². The molecule has 0 amide bonds. The Bertz CT molecular complexity index is 1090. The van der Waals surface area contributed by atoms with E-state index in [2.05, 4.69) is 10.1 Å². The van der Waals surface area contributed by atoms with Crippen LogP contribution in [0.4, 0.5) is 5.69 Å². The van der Waals surface area contributed by atoms with Gasteiger partial charge in [0.2, 0.25) is 15.8 Å². The smallest absolute Gasteiger partial charge is 0.312 e. The highest BCUT2D eigenvalue weighted by Gasteiger charge is 2.26. The number of benzene rings is 1. The summed E-state index contributed by atoms with van der Waals surface area (Å²) in [7, 11) is -3.83. The lowest BCUT2D eigenvalue weighted by atomic mass is 10.3. The molecule has 1 aromatic carbocycles. The zero-order valence-corrected chi connectivity index (χ0v) is 17.3. The minimum absolute atomic E-state index is 0.0932. The van der Waals surface area contributed by atoms with E-state index in [0.29, 0.717) is 5.82 Å². The minimum atomic E-state index is -3.83. The summed E-state index contributed by atoms with van der Waals surface area (Å²) in [4.78, 5) is 15.6. The molecule has 0 N–H and O–H groups in total. The molecule has 0 spiro atoms. The number of nitro groups is 1. The second-order valence-corrected chi connectivity index (χ2v) is 8.64. The predicted molar refractivity (Wildman–Crippen MR) is 105 cm³/mol. The highest BCUT2D eigenvalue weighted by Crippen LogP contribution is 2.31. The average Bonchev–Trinajstić information content (AvgIpc) is 3.38. The third-order valence-corrected chi connectivity index (χ3v) is 6.94. The Balaban J connectivity index is 1.82. The third kappa shape index (κ3) is 4.44. The van der Waals surface area contributed by atoms with Crippen molar-refractivity contribution in [1.82, 2.24) is 14.4 Å². The second kappa shape index (κ2) is 8.68. The molecule has 2 aromatic heterocycles. The number of nitro benzene ring substituents is 1. The number of nitrogens with zero attached hydrogens (tertiary/aromatic N) is 4. The largest absolute Gasteiger partial charge is 0.477 e. The molecule has 10 nitrogen and oxygen atoms in total. The molecule has 29 heavy (non-hydrogen) atoms. The maximum Gasteiger partial charge on any atom is 0.312 e. The Morgan fingerprint density at radius 3 is 2.66 bits per heavy atom. The van der Waals surface area contributed by atoms with Gasteiger partial charge in [0.25, 0.3) is 5.89 Å². The summed E-state index contributed by atoms with van der Waals surface area (Å²) in [5.41, 5.74) is -0.462. The molecule has 3 rings (SSSR count). The van der Waals surface area contributed by atoms with Crippen molar-refractivity contribution < 1.29 is 22.6 Å². The molecule has 0 aliphatic carbocycles. The first-order valence-corrected chi connectivity index (χ1v) is 11.0. The van der Waals surface area contributed by atoms with Crippen LogP contribution < -0.4 is 4.74 Å².